The minimum Gasteiger partial charge on any atom is -0.466 e. The second-order valence-corrected chi connectivity index (χ2v) is 8.25. The minimum absolute atomic E-state index is 0.112. The molecule has 0 saturated heterocycles. The summed E-state index contributed by atoms with van der Waals surface area (Å²) in [6, 6.07) is 4.81. The summed E-state index contributed by atoms with van der Waals surface area (Å²) in [5, 5.41) is 0. The van der Waals surface area contributed by atoms with Crippen LogP contribution >= 0.6 is 0 Å². The van der Waals surface area contributed by atoms with Gasteiger partial charge in [-0.2, -0.15) is 0 Å². The van der Waals surface area contributed by atoms with Gasteiger partial charge in [-0.15, -0.1) is 0 Å². The molecule has 6 atom stereocenters. The maximum atomic E-state index is 12.4. The van der Waals surface area contributed by atoms with Crippen LogP contribution in [-0.2, 0) is 19.1 Å². The van der Waals surface area contributed by atoms with Crippen LogP contribution in [0, 0.1) is 11.8 Å². The molecule has 132 valence electrons. The van der Waals surface area contributed by atoms with Crippen LogP contribution < -0.4 is 0 Å². The zero-order chi connectivity index (χ0) is 17.7. The molecule has 4 bridgehead atoms. The van der Waals surface area contributed by atoms with E-state index in [4.69, 9.17) is 9.47 Å². The molecule has 0 amide bonds. The fourth-order valence-electron chi connectivity index (χ4n) is 6.56. The Labute approximate surface area is 151 Å². The van der Waals surface area contributed by atoms with Crippen LogP contribution in [0.25, 0.3) is 0 Å². The van der Waals surface area contributed by atoms with Crippen LogP contribution in [0.2, 0.25) is 0 Å². The SMILES string of the molecule is COC(=O)C1=C(C(=O)OC)[C@H]2[C@@H]1[C@H]1C[C@@H]2c2cc3c(cc21)[C@H]1C=C[C@@H]3C1. The Bertz CT molecular complexity index is 880. The van der Waals surface area contributed by atoms with Gasteiger partial charge in [0.2, 0.25) is 0 Å². The first-order chi connectivity index (χ1) is 12.6. The lowest BCUT2D eigenvalue weighted by atomic mass is 9.59. The van der Waals surface area contributed by atoms with Gasteiger partial charge in [-0.05, 0) is 46.9 Å². The van der Waals surface area contributed by atoms with Crippen LogP contribution in [0.1, 0.15) is 58.8 Å². The van der Waals surface area contributed by atoms with Crippen molar-refractivity contribution in [1.29, 1.82) is 0 Å². The van der Waals surface area contributed by atoms with Gasteiger partial charge in [-0.1, -0.05) is 24.3 Å². The van der Waals surface area contributed by atoms with Gasteiger partial charge in [0.25, 0.3) is 0 Å². The zero-order valence-electron chi connectivity index (χ0n) is 14.8. The van der Waals surface area contributed by atoms with E-state index in [0.29, 0.717) is 34.8 Å². The number of esters is 2. The summed E-state index contributed by atoms with van der Waals surface area (Å²) in [6.45, 7) is 0. The van der Waals surface area contributed by atoms with E-state index in [1.165, 1.54) is 42.9 Å². The number of rotatable bonds is 2. The molecule has 0 N–H and O–H groups in total. The predicted molar refractivity (Wildman–Crippen MR) is 93.8 cm³/mol. The third kappa shape index (κ3) is 1.49. The molecular weight excluding hydrogens is 328 g/mol. The predicted octanol–water partition coefficient (Wildman–Crippen LogP) is 3.30. The Kier molecular flexibility index (Phi) is 2.65. The Morgan fingerprint density at radius 1 is 0.769 bits per heavy atom. The highest BCUT2D eigenvalue weighted by Crippen LogP contribution is 2.69. The molecule has 0 radical (unpaired) electrons. The van der Waals surface area contributed by atoms with Gasteiger partial charge in [0.05, 0.1) is 25.4 Å². The van der Waals surface area contributed by atoms with Crippen molar-refractivity contribution in [2.24, 2.45) is 11.8 Å². The van der Waals surface area contributed by atoms with Crippen molar-refractivity contribution in [3.8, 4) is 0 Å². The Hall–Kier alpha value is -2.36. The number of ether oxygens (including phenoxy) is 2. The summed E-state index contributed by atoms with van der Waals surface area (Å²) < 4.78 is 9.97. The van der Waals surface area contributed by atoms with Gasteiger partial charge in [0, 0.05) is 23.7 Å². The van der Waals surface area contributed by atoms with Gasteiger partial charge in [0.1, 0.15) is 0 Å². The largest absolute Gasteiger partial charge is 0.466 e. The first-order valence-corrected chi connectivity index (χ1v) is 9.40. The van der Waals surface area contributed by atoms with E-state index >= 15 is 0 Å². The van der Waals surface area contributed by atoms with Gasteiger partial charge >= 0.3 is 11.9 Å². The number of carbonyl (C=O) groups excluding carboxylic acids is 2. The number of hydrogen-bond acceptors (Lipinski definition) is 4. The lowest BCUT2D eigenvalue weighted by Crippen LogP contribution is -2.42. The van der Waals surface area contributed by atoms with Crippen LogP contribution in [0.4, 0.5) is 0 Å². The molecule has 0 aromatic heterocycles. The lowest BCUT2D eigenvalue weighted by Gasteiger charge is -2.43. The normalized spacial score (nSPS) is 36.5. The molecule has 0 unspecified atom stereocenters. The number of benzene rings is 1. The van der Waals surface area contributed by atoms with Crippen molar-refractivity contribution in [2.75, 3.05) is 14.2 Å². The van der Waals surface area contributed by atoms with Crippen LogP contribution in [0.3, 0.4) is 0 Å². The summed E-state index contributed by atoms with van der Waals surface area (Å²) in [4.78, 5) is 24.7. The summed E-state index contributed by atoms with van der Waals surface area (Å²) in [6.07, 6.45) is 6.92. The van der Waals surface area contributed by atoms with Crippen molar-refractivity contribution >= 4 is 11.9 Å². The number of allylic oxidation sites excluding steroid dienone is 2. The van der Waals surface area contributed by atoms with Crippen LogP contribution in [-0.4, -0.2) is 26.2 Å². The van der Waals surface area contributed by atoms with Crippen molar-refractivity contribution < 1.29 is 19.1 Å². The highest BCUT2D eigenvalue weighted by atomic mass is 16.5. The topological polar surface area (TPSA) is 52.6 Å². The summed E-state index contributed by atoms with van der Waals surface area (Å²) in [5.41, 5.74) is 6.89. The van der Waals surface area contributed by atoms with Gasteiger partial charge < -0.3 is 9.47 Å². The molecule has 1 saturated carbocycles. The fraction of sp³-hybridized carbons (Fsp3) is 0.455. The lowest BCUT2D eigenvalue weighted by molar-refractivity contribution is -0.142. The van der Waals surface area contributed by atoms with Gasteiger partial charge in [-0.25, -0.2) is 9.59 Å². The molecule has 26 heavy (non-hydrogen) atoms. The van der Waals surface area contributed by atoms with Crippen molar-refractivity contribution in [1.82, 2.24) is 0 Å². The highest BCUT2D eigenvalue weighted by Gasteiger charge is 2.63. The Morgan fingerprint density at radius 3 is 1.65 bits per heavy atom. The molecule has 0 heterocycles. The quantitative estimate of drug-likeness (QED) is 0.608. The third-order valence-corrected chi connectivity index (χ3v) is 7.50. The molecule has 4 heteroatoms. The summed E-state index contributed by atoms with van der Waals surface area (Å²) in [5.74, 6) is 1.28. The minimum atomic E-state index is -0.371. The second-order valence-electron chi connectivity index (χ2n) is 8.25. The monoisotopic (exact) mass is 348 g/mol. The highest BCUT2D eigenvalue weighted by molar-refractivity contribution is 6.05. The average Bonchev–Trinajstić information content (AvgIpc) is 3.38. The Morgan fingerprint density at radius 2 is 1.23 bits per heavy atom. The van der Waals surface area contributed by atoms with E-state index in [1.807, 2.05) is 0 Å². The second kappa shape index (κ2) is 4.67. The first kappa shape index (κ1) is 14.8. The maximum Gasteiger partial charge on any atom is 0.334 e. The zero-order valence-corrected chi connectivity index (χ0v) is 14.8. The maximum absolute atomic E-state index is 12.4. The van der Waals surface area contributed by atoms with E-state index in [-0.39, 0.29) is 23.8 Å². The number of hydrogen-bond donors (Lipinski definition) is 0. The first-order valence-electron chi connectivity index (χ1n) is 9.40. The molecule has 0 spiro atoms. The fourth-order valence-corrected chi connectivity index (χ4v) is 6.56. The van der Waals surface area contributed by atoms with Crippen molar-refractivity contribution in [3.63, 3.8) is 0 Å². The van der Waals surface area contributed by atoms with E-state index in [0.717, 1.165) is 6.42 Å². The molecule has 5 aliphatic rings. The average molecular weight is 348 g/mol. The molecule has 1 fully saturated rings. The molecule has 4 nitrogen and oxygen atoms in total. The molecule has 1 aromatic carbocycles. The third-order valence-electron chi connectivity index (χ3n) is 7.50. The van der Waals surface area contributed by atoms with E-state index in [1.54, 1.807) is 0 Å². The Balaban J connectivity index is 1.47. The smallest absolute Gasteiger partial charge is 0.334 e. The van der Waals surface area contributed by atoms with E-state index in [2.05, 4.69) is 24.3 Å². The molecule has 1 aromatic rings. The van der Waals surface area contributed by atoms with Gasteiger partial charge in [-0.3, -0.25) is 0 Å². The molecule has 6 rings (SSSR count). The summed E-state index contributed by atoms with van der Waals surface area (Å²) in [7, 11) is 2.77. The van der Waals surface area contributed by atoms with Crippen LogP contribution in [0.15, 0.2) is 35.4 Å². The number of methoxy groups -OCH3 is 2. The number of carbonyl (C=O) groups is 2. The standard InChI is InChI=1S/C22H20O4/c1-25-21(23)19-17-15-8-16(18(17)20(19)22(24)26-2)14-7-12-10-4-3-9(5-10)11(12)6-13(14)15/h3-4,6-7,9-10,15-18H,5,8H2,1-2H3/t9-,10+,15-,16+,17-,18+. The van der Waals surface area contributed by atoms with Crippen molar-refractivity contribution in [3.05, 3.63) is 57.7 Å². The molecule has 0 aliphatic heterocycles. The van der Waals surface area contributed by atoms with E-state index in [9.17, 15) is 9.59 Å². The summed E-state index contributed by atoms with van der Waals surface area (Å²) >= 11 is 0. The van der Waals surface area contributed by atoms with Crippen LogP contribution in [0.5, 0.6) is 0 Å². The van der Waals surface area contributed by atoms with E-state index < -0.39 is 0 Å². The molecular formula is C22H20O4. The van der Waals surface area contributed by atoms with Gasteiger partial charge in [0.15, 0.2) is 0 Å². The van der Waals surface area contributed by atoms with Crippen molar-refractivity contribution in [2.45, 2.75) is 36.5 Å². The molecule has 5 aliphatic carbocycles. The number of fused-ring (bicyclic) bond motifs is 13.